The predicted octanol–water partition coefficient (Wildman–Crippen LogP) is 2.49. The van der Waals surface area contributed by atoms with Crippen molar-refractivity contribution in [2.75, 3.05) is 20.1 Å². The summed E-state index contributed by atoms with van der Waals surface area (Å²) in [7, 11) is -2.13. The second-order valence-corrected chi connectivity index (χ2v) is 8.96. The predicted molar refractivity (Wildman–Crippen MR) is 93.0 cm³/mol. The Morgan fingerprint density at radius 3 is 2.54 bits per heavy atom. The molecule has 1 saturated carbocycles. The number of likely N-dealkylation sites (N-methyl/N-ethyl adjacent to an activating group) is 1. The minimum Gasteiger partial charge on any atom is -0.338 e. The zero-order valence-corrected chi connectivity index (χ0v) is 15.0. The number of benzene rings is 1. The second-order valence-electron chi connectivity index (χ2n) is 6.92. The van der Waals surface area contributed by atoms with Crippen LogP contribution in [0.4, 0.5) is 0 Å². The Kier molecular flexibility index (Phi) is 5.25. The molecule has 2 aliphatic rings. The van der Waals surface area contributed by atoms with Gasteiger partial charge in [-0.1, -0.05) is 31.0 Å². The lowest BCUT2D eigenvalue weighted by Gasteiger charge is -2.44. The van der Waals surface area contributed by atoms with Crippen LogP contribution in [-0.4, -0.2) is 49.7 Å². The van der Waals surface area contributed by atoms with Gasteiger partial charge in [0.25, 0.3) is 0 Å². The van der Waals surface area contributed by atoms with Crippen LogP contribution in [0.5, 0.6) is 0 Å². The first-order valence-corrected chi connectivity index (χ1v) is 10.2. The van der Waals surface area contributed by atoms with Crippen LogP contribution < -0.4 is 0 Å². The number of hydrogen-bond donors (Lipinski definition) is 0. The molecule has 1 heterocycles. The second kappa shape index (κ2) is 7.23. The van der Waals surface area contributed by atoms with E-state index in [-0.39, 0.29) is 17.3 Å². The summed E-state index contributed by atoms with van der Waals surface area (Å²) in [5.74, 6) is 0.543. The van der Waals surface area contributed by atoms with Gasteiger partial charge in [0.2, 0.25) is 15.9 Å². The summed E-state index contributed by atoms with van der Waals surface area (Å²) in [5.41, 5.74) is 0. The van der Waals surface area contributed by atoms with Gasteiger partial charge in [0, 0.05) is 19.6 Å². The highest BCUT2D eigenvalue weighted by atomic mass is 32.2. The van der Waals surface area contributed by atoms with Gasteiger partial charge in [-0.15, -0.1) is 0 Å². The topological polar surface area (TPSA) is 57.7 Å². The molecule has 1 aromatic rings. The summed E-state index contributed by atoms with van der Waals surface area (Å²) in [6, 6.07) is 8.61. The number of carbonyl (C=O) groups excluding carboxylic acids is 1. The van der Waals surface area contributed by atoms with E-state index in [4.69, 9.17) is 0 Å². The average Bonchev–Trinajstić information content (AvgIpc) is 2.61. The van der Waals surface area contributed by atoms with E-state index in [1.165, 1.54) is 37.0 Å². The minimum absolute atomic E-state index is 0.0615. The van der Waals surface area contributed by atoms with Gasteiger partial charge in [-0.05, 0) is 43.7 Å². The number of piperidine rings is 1. The van der Waals surface area contributed by atoms with Crippen molar-refractivity contribution < 1.29 is 13.2 Å². The molecule has 0 radical (unpaired) electrons. The molecule has 0 bridgehead atoms. The normalized spacial score (nSPS) is 24.7. The van der Waals surface area contributed by atoms with Gasteiger partial charge < -0.3 is 4.90 Å². The molecule has 1 amide bonds. The Bertz CT molecular complexity index is 673. The first-order chi connectivity index (χ1) is 11.5. The van der Waals surface area contributed by atoms with E-state index in [1.54, 1.807) is 30.3 Å². The van der Waals surface area contributed by atoms with E-state index in [9.17, 15) is 13.2 Å². The monoisotopic (exact) mass is 350 g/mol. The average molecular weight is 350 g/mol. The molecule has 1 aromatic carbocycles. The lowest BCUT2D eigenvalue weighted by molar-refractivity contribution is -0.137. The van der Waals surface area contributed by atoms with E-state index in [2.05, 4.69) is 0 Å². The maximum atomic E-state index is 12.8. The van der Waals surface area contributed by atoms with Crippen LogP contribution >= 0.6 is 0 Å². The molecule has 1 aliphatic carbocycles. The number of nitrogens with zero attached hydrogens (tertiary/aromatic N) is 2. The first-order valence-electron chi connectivity index (χ1n) is 8.81. The number of amides is 1. The SMILES string of the molecule is CN(CC(=O)N1CCC[C@@H]2CCCC[C@@H]21)S(=O)(=O)c1ccccc1. The van der Waals surface area contributed by atoms with Crippen molar-refractivity contribution in [2.24, 2.45) is 5.92 Å². The number of rotatable bonds is 4. The fraction of sp³-hybridized carbons (Fsp3) is 0.611. The van der Waals surface area contributed by atoms with Gasteiger partial charge in [0.1, 0.15) is 0 Å². The van der Waals surface area contributed by atoms with Crippen LogP contribution in [0.15, 0.2) is 35.2 Å². The van der Waals surface area contributed by atoms with Crippen LogP contribution in [0.25, 0.3) is 0 Å². The zero-order valence-electron chi connectivity index (χ0n) is 14.2. The van der Waals surface area contributed by atoms with Gasteiger partial charge in [0.15, 0.2) is 0 Å². The molecule has 1 aliphatic heterocycles. The van der Waals surface area contributed by atoms with E-state index in [0.29, 0.717) is 12.0 Å². The molecule has 132 valence electrons. The summed E-state index contributed by atoms with van der Waals surface area (Å²) >= 11 is 0. The van der Waals surface area contributed by atoms with Crippen molar-refractivity contribution in [1.82, 2.24) is 9.21 Å². The molecule has 0 N–H and O–H groups in total. The van der Waals surface area contributed by atoms with E-state index in [1.807, 2.05) is 4.90 Å². The molecular formula is C18H26N2O3S. The fourth-order valence-corrected chi connectivity index (χ4v) is 5.21. The van der Waals surface area contributed by atoms with Crippen molar-refractivity contribution in [3.8, 4) is 0 Å². The van der Waals surface area contributed by atoms with Crippen LogP contribution in [0.3, 0.4) is 0 Å². The number of hydrogen-bond acceptors (Lipinski definition) is 3. The lowest BCUT2D eigenvalue weighted by Crippen LogP contribution is -2.52. The van der Waals surface area contributed by atoms with E-state index in [0.717, 1.165) is 19.4 Å². The largest absolute Gasteiger partial charge is 0.338 e. The molecule has 5 nitrogen and oxygen atoms in total. The Balaban J connectivity index is 1.69. The molecule has 24 heavy (non-hydrogen) atoms. The van der Waals surface area contributed by atoms with E-state index >= 15 is 0 Å². The van der Waals surface area contributed by atoms with Crippen molar-refractivity contribution >= 4 is 15.9 Å². The standard InChI is InChI=1S/C18H26N2O3S/c1-19(24(22,23)16-10-3-2-4-11-16)14-18(21)20-13-7-9-15-8-5-6-12-17(15)20/h2-4,10-11,15,17H,5-9,12-14H2,1H3/t15-,17-/m0/s1. The van der Waals surface area contributed by atoms with Gasteiger partial charge in [-0.2, -0.15) is 4.31 Å². The van der Waals surface area contributed by atoms with Crippen molar-refractivity contribution in [3.63, 3.8) is 0 Å². The quantitative estimate of drug-likeness (QED) is 0.838. The Morgan fingerprint density at radius 2 is 1.79 bits per heavy atom. The highest BCUT2D eigenvalue weighted by Crippen LogP contribution is 2.35. The van der Waals surface area contributed by atoms with Crippen molar-refractivity contribution in [1.29, 1.82) is 0 Å². The molecule has 2 atom stereocenters. The van der Waals surface area contributed by atoms with Gasteiger partial charge in [0.05, 0.1) is 11.4 Å². The number of fused-ring (bicyclic) bond motifs is 1. The number of carbonyl (C=O) groups is 1. The molecule has 0 spiro atoms. The first kappa shape index (κ1) is 17.4. The summed E-state index contributed by atoms with van der Waals surface area (Å²) in [4.78, 5) is 14.9. The Morgan fingerprint density at radius 1 is 1.12 bits per heavy atom. The fourth-order valence-electron chi connectivity index (χ4n) is 4.07. The maximum Gasteiger partial charge on any atom is 0.243 e. The van der Waals surface area contributed by atoms with Crippen LogP contribution in [0.2, 0.25) is 0 Å². The number of likely N-dealkylation sites (tertiary alicyclic amines) is 1. The third kappa shape index (κ3) is 3.49. The van der Waals surface area contributed by atoms with Crippen LogP contribution in [-0.2, 0) is 14.8 Å². The van der Waals surface area contributed by atoms with Crippen LogP contribution in [0.1, 0.15) is 38.5 Å². The highest BCUT2D eigenvalue weighted by molar-refractivity contribution is 7.89. The third-order valence-corrected chi connectivity index (χ3v) is 7.19. The Hall–Kier alpha value is -1.40. The van der Waals surface area contributed by atoms with Gasteiger partial charge in [-0.3, -0.25) is 4.79 Å². The smallest absolute Gasteiger partial charge is 0.243 e. The molecular weight excluding hydrogens is 324 g/mol. The molecule has 6 heteroatoms. The number of sulfonamides is 1. The summed E-state index contributed by atoms with van der Waals surface area (Å²) in [6.07, 6.45) is 6.92. The highest BCUT2D eigenvalue weighted by Gasteiger charge is 2.36. The van der Waals surface area contributed by atoms with Crippen molar-refractivity contribution in [3.05, 3.63) is 30.3 Å². The zero-order chi connectivity index (χ0) is 17.2. The van der Waals surface area contributed by atoms with Gasteiger partial charge in [-0.25, -0.2) is 8.42 Å². The summed E-state index contributed by atoms with van der Waals surface area (Å²) in [5, 5.41) is 0. The van der Waals surface area contributed by atoms with E-state index < -0.39 is 10.0 Å². The Labute approximate surface area is 144 Å². The summed E-state index contributed by atoms with van der Waals surface area (Å²) < 4.78 is 26.4. The van der Waals surface area contributed by atoms with Crippen LogP contribution in [0, 0.1) is 5.92 Å². The molecule has 1 saturated heterocycles. The maximum absolute atomic E-state index is 12.8. The lowest BCUT2D eigenvalue weighted by atomic mass is 9.78. The molecule has 0 aromatic heterocycles. The van der Waals surface area contributed by atoms with Gasteiger partial charge >= 0.3 is 0 Å². The van der Waals surface area contributed by atoms with Crippen molar-refractivity contribution in [2.45, 2.75) is 49.5 Å². The molecule has 0 unspecified atom stereocenters. The molecule has 3 rings (SSSR count). The molecule has 2 fully saturated rings. The minimum atomic E-state index is -3.62. The third-order valence-electron chi connectivity index (χ3n) is 5.37. The summed E-state index contributed by atoms with van der Waals surface area (Å²) in [6.45, 7) is 0.680.